The molecule has 0 radical (unpaired) electrons. The zero-order valence-electron chi connectivity index (χ0n) is 18.0. The zero-order valence-corrected chi connectivity index (χ0v) is 18.0. The van der Waals surface area contributed by atoms with Crippen LogP contribution in [0.4, 0.5) is 0 Å². The number of benzene rings is 1. The van der Waals surface area contributed by atoms with Crippen molar-refractivity contribution in [2.75, 3.05) is 6.61 Å². The second kappa shape index (κ2) is 11.2. The number of hydrogen-bond donors (Lipinski definition) is 0. The average molecular weight is 452 g/mol. The van der Waals surface area contributed by atoms with Crippen LogP contribution in [0.5, 0.6) is 5.75 Å². The SMILES string of the molecule is CC(=O)OC[C@H]1O[C@@H](OC(=O)c2ccccc2OC(C)=O)C[C@@H](OC(C)=O)[C@@H]1OC(C)=O. The van der Waals surface area contributed by atoms with Crippen LogP contribution in [0.2, 0.25) is 0 Å². The molecule has 0 saturated carbocycles. The first kappa shape index (κ1) is 24.8. The minimum Gasteiger partial charge on any atom is -0.463 e. The van der Waals surface area contributed by atoms with Crippen LogP contribution < -0.4 is 4.74 Å². The quantitative estimate of drug-likeness (QED) is 0.336. The van der Waals surface area contributed by atoms with E-state index in [1.165, 1.54) is 26.0 Å². The van der Waals surface area contributed by atoms with Crippen LogP contribution in [0.15, 0.2) is 24.3 Å². The van der Waals surface area contributed by atoms with Crippen LogP contribution in [0.1, 0.15) is 44.5 Å². The number of hydrogen-bond acceptors (Lipinski definition) is 11. The molecule has 174 valence electrons. The smallest absolute Gasteiger partial charge is 0.344 e. The summed E-state index contributed by atoms with van der Waals surface area (Å²) in [5.41, 5.74) is -0.0334. The highest BCUT2D eigenvalue weighted by Gasteiger charge is 2.45. The topological polar surface area (TPSA) is 141 Å². The molecule has 1 aromatic rings. The number of para-hydroxylation sites is 1. The predicted octanol–water partition coefficient (Wildman–Crippen LogP) is 1.31. The Balaban J connectivity index is 2.24. The second-order valence-corrected chi connectivity index (χ2v) is 6.86. The van der Waals surface area contributed by atoms with E-state index in [1.54, 1.807) is 12.1 Å². The lowest BCUT2D eigenvalue weighted by Gasteiger charge is -2.39. The third kappa shape index (κ3) is 7.34. The molecule has 1 saturated heterocycles. The Kier molecular flexibility index (Phi) is 8.71. The molecule has 2 rings (SSSR count). The van der Waals surface area contributed by atoms with E-state index in [-0.39, 0.29) is 24.3 Å². The molecule has 1 fully saturated rings. The Hall–Kier alpha value is -3.47. The molecule has 32 heavy (non-hydrogen) atoms. The van der Waals surface area contributed by atoms with Crippen molar-refractivity contribution in [3.63, 3.8) is 0 Å². The van der Waals surface area contributed by atoms with Gasteiger partial charge in [0.2, 0.25) is 6.29 Å². The van der Waals surface area contributed by atoms with E-state index in [9.17, 15) is 24.0 Å². The van der Waals surface area contributed by atoms with Gasteiger partial charge in [-0.05, 0) is 12.1 Å². The Labute approximate surface area is 183 Å². The van der Waals surface area contributed by atoms with Gasteiger partial charge >= 0.3 is 29.8 Å². The molecule has 0 aliphatic carbocycles. The van der Waals surface area contributed by atoms with Crippen molar-refractivity contribution in [1.82, 2.24) is 0 Å². The predicted molar refractivity (Wildman–Crippen MR) is 104 cm³/mol. The minimum atomic E-state index is -1.25. The first-order chi connectivity index (χ1) is 15.1. The van der Waals surface area contributed by atoms with Crippen LogP contribution in [0, 0.1) is 0 Å². The maximum Gasteiger partial charge on any atom is 0.344 e. The van der Waals surface area contributed by atoms with Crippen molar-refractivity contribution in [1.29, 1.82) is 0 Å². The molecule has 0 unspecified atom stereocenters. The third-order valence-corrected chi connectivity index (χ3v) is 4.15. The molecule has 0 bridgehead atoms. The van der Waals surface area contributed by atoms with Gasteiger partial charge in [0.05, 0.1) is 6.42 Å². The second-order valence-electron chi connectivity index (χ2n) is 6.86. The van der Waals surface area contributed by atoms with E-state index in [4.69, 9.17) is 28.4 Å². The first-order valence-electron chi connectivity index (χ1n) is 9.68. The molecule has 1 aliphatic rings. The van der Waals surface area contributed by atoms with E-state index in [0.717, 1.165) is 13.8 Å². The summed E-state index contributed by atoms with van der Waals surface area (Å²) in [4.78, 5) is 58.4. The third-order valence-electron chi connectivity index (χ3n) is 4.15. The highest BCUT2D eigenvalue weighted by atomic mass is 16.7. The largest absolute Gasteiger partial charge is 0.463 e. The normalized spacial score (nSPS) is 22.2. The number of rotatable bonds is 7. The molecule has 1 heterocycles. The summed E-state index contributed by atoms with van der Waals surface area (Å²) in [6.45, 7) is 4.34. The summed E-state index contributed by atoms with van der Waals surface area (Å²) >= 11 is 0. The molecule has 11 nitrogen and oxygen atoms in total. The number of carbonyl (C=O) groups is 5. The van der Waals surface area contributed by atoms with Crippen LogP contribution >= 0.6 is 0 Å². The van der Waals surface area contributed by atoms with E-state index < -0.39 is 54.4 Å². The van der Waals surface area contributed by atoms with Gasteiger partial charge in [0.25, 0.3) is 0 Å². The van der Waals surface area contributed by atoms with Gasteiger partial charge in [-0.2, -0.15) is 0 Å². The maximum absolute atomic E-state index is 12.7. The molecule has 0 spiro atoms. The molecular weight excluding hydrogens is 428 g/mol. The van der Waals surface area contributed by atoms with Crippen LogP contribution in [-0.4, -0.2) is 61.1 Å². The molecule has 1 aromatic carbocycles. The van der Waals surface area contributed by atoms with Crippen LogP contribution in [0.3, 0.4) is 0 Å². The molecule has 11 heteroatoms. The van der Waals surface area contributed by atoms with Crippen molar-refractivity contribution in [2.24, 2.45) is 0 Å². The van der Waals surface area contributed by atoms with Gasteiger partial charge in [-0.15, -0.1) is 0 Å². The average Bonchev–Trinajstić information content (AvgIpc) is 2.67. The highest BCUT2D eigenvalue weighted by molar-refractivity contribution is 5.93. The fourth-order valence-corrected chi connectivity index (χ4v) is 3.03. The molecule has 0 N–H and O–H groups in total. The fraction of sp³-hybridized carbons (Fsp3) is 0.476. The summed E-state index contributed by atoms with van der Waals surface area (Å²) in [6, 6.07) is 5.93. The van der Waals surface area contributed by atoms with Crippen molar-refractivity contribution in [3.05, 3.63) is 29.8 Å². The highest BCUT2D eigenvalue weighted by Crippen LogP contribution is 2.28. The van der Waals surface area contributed by atoms with Crippen molar-refractivity contribution in [2.45, 2.75) is 58.7 Å². The maximum atomic E-state index is 12.7. The van der Waals surface area contributed by atoms with Crippen LogP contribution in [-0.2, 0) is 42.9 Å². The molecule has 0 aromatic heterocycles. The lowest BCUT2D eigenvalue weighted by atomic mass is 10.0. The van der Waals surface area contributed by atoms with E-state index in [0.29, 0.717) is 0 Å². The number of ether oxygens (including phenoxy) is 6. The minimum absolute atomic E-state index is 0.00778. The van der Waals surface area contributed by atoms with Gasteiger partial charge in [0.1, 0.15) is 30.1 Å². The van der Waals surface area contributed by atoms with Gasteiger partial charge < -0.3 is 28.4 Å². The molecule has 0 amide bonds. The summed E-state index contributed by atoms with van der Waals surface area (Å²) in [5.74, 6) is -3.45. The Morgan fingerprint density at radius 1 is 0.875 bits per heavy atom. The van der Waals surface area contributed by atoms with Gasteiger partial charge in [-0.1, -0.05) is 12.1 Å². The fourth-order valence-electron chi connectivity index (χ4n) is 3.03. The van der Waals surface area contributed by atoms with E-state index in [1.807, 2.05) is 0 Å². The van der Waals surface area contributed by atoms with Gasteiger partial charge in [0, 0.05) is 27.7 Å². The van der Waals surface area contributed by atoms with E-state index >= 15 is 0 Å². The lowest BCUT2D eigenvalue weighted by molar-refractivity contribution is -0.252. The van der Waals surface area contributed by atoms with Gasteiger partial charge in [-0.3, -0.25) is 19.2 Å². The summed E-state index contributed by atoms with van der Waals surface area (Å²) in [7, 11) is 0. The Bertz CT molecular complexity index is 878. The molecular formula is C21H24O11. The lowest BCUT2D eigenvalue weighted by Crippen LogP contribution is -2.54. The monoisotopic (exact) mass is 452 g/mol. The van der Waals surface area contributed by atoms with Crippen molar-refractivity contribution in [3.8, 4) is 5.75 Å². The van der Waals surface area contributed by atoms with E-state index in [2.05, 4.69) is 0 Å². The molecule has 4 atom stereocenters. The van der Waals surface area contributed by atoms with Gasteiger partial charge in [-0.25, -0.2) is 4.79 Å². The molecule has 1 aliphatic heterocycles. The summed E-state index contributed by atoms with van der Waals surface area (Å²) in [5, 5.41) is 0. The summed E-state index contributed by atoms with van der Waals surface area (Å²) in [6.07, 6.45) is -4.62. The van der Waals surface area contributed by atoms with Crippen molar-refractivity contribution < 1.29 is 52.4 Å². The number of carbonyl (C=O) groups excluding carboxylic acids is 5. The first-order valence-corrected chi connectivity index (χ1v) is 9.68. The Morgan fingerprint density at radius 2 is 1.53 bits per heavy atom. The standard InChI is InChI=1S/C21H24O11/c1-11(22)27-10-18-20(30-14(4)25)17(29-13(3)24)9-19(31-18)32-21(26)15-7-5-6-8-16(15)28-12(2)23/h5-8,17-20H,9-10H2,1-4H3/t17-,18-,19+,20+/m1/s1. The van der Waals surface area contributed by atoms with Crippen LogP contribution in [0.25, 0.3) is 0 Å². The summed E-state index contributed by atoms with van der Waals surface area (Å²) < 4.78 is 31.5. The van der Waals surface area contributed by atoms with Gasteiger partial charge in [0.15, 0.2) is 6.10 Å². The Morgan fingerprint density at radius 3 is 2.12 bits per heavy atom. The number of esters is 5. The zero-order chi connectivity index (χ0) is 23.8. The van der Waals surface area contributed by atoms with Crippen molar-refractivity contribution >= 4 is 29.8 Å².